The summed E-state index contributed by atoms with van der Waals surface area (Å²) >= 11 is 1.50. The Morgan fingerprint density at radius 3 is 1.83 bits per heavy atom. The van der Waals surface area contributed by atoms with Crippen LogP contribution in [0, 0.1) is 0 Å². The first-order valence-corrected chi connectivity index (χ1v) is 8.67. The molecule has 2 atom stereocenters. The zero-order chi connectivity index (χ0) is 16.8. The molecule has 0 unspecified atom stereocenters. The number of Topliss-reactive ketones (excluding diaryl/α,β-unsaturated/α-hetero) is 1. The second-order valence-corrected chi connectivity index (χ2v) is 6.65. The summed E-state index contributed by atoms with van der Waals surface area (Å²) in [5, 5.41) is 10.4. The van der Waals surface area contributed by atoms with E-state index in [0.717, 1.165) is 10.5 Å². The van der Waals surface area contributed by atoms with E-state index in [1.54, 1.807) is 12.1 Å². The molecular weight excluding hydrogens is 316 g/mol. The second kappa shape index (κ2) is 7.95. The SMILES string of the molecule is O=C(c1ccccc1)[C@H](O)[C@@H](Sc1ccccc1)c1ccccc1. The van der Waals surface area contributed by atoms with Crippen LogP contribution >= 0.6 is 11.8 Å². The summed E-state index contributed by atoms with van der Waals surface area (Å²) in [4.78, 5) is 13.7. The fraction of sp³-hybridized carbons (Fsp3) is 0.0952. The van der Waals surface area contributed by atoms with Crippen LogP contribution in [0.15, 0.2) is 95.9 Å². The predicted molar refractivity (Wildman–Crippen MR) is 98.3 cm³/mol. The van der Waals surface area contributed by atoms with Crippen LogP contribution in [0.4, 0.5) is 0 Å². The molecule has 24 heavy (non-hydrogen) atoms. The van der Waals surface area contributed by atoms with Crippen molar-refractivity contribution in [3.8, 4) is 0 Å². The van der Waals surface area contributed by atoms with Crippen LogP contribution < -0.4 is 0 Å². The normalized spacial score (nSPS) is 13.2. The van der Waals surface area contributed by atoms with Gasteiger partial charge in [-0.15, -0.1) is 11.8 Å². The van der Waals surface area contributed by atoms with E-state index in [0.29, 0.717) is 5.56 Å². The summed E-state index contributed by atoms with van der Waals surface area (Å²) in [7, 11) is 0. The highest BCUT2D eigenvalue weighted by atomic mass is 32.2. The molecular formula is C21H18O2S. The average molecular weight is 334 g/mol. The predicted octanol–water partition coefficient (Wildman–Crippen LogP) is 4.76. The Kier molecular flexibility index (Phi) is 5.47. The summed E-state index contributed by atoms with van der Waals surface area (Å²) in [6, 6.07) is 28.5. The van der Waals surface area contributed by atoms with Gasteiger partial charge in [-0.05, 0) is 17.7 Å². The minimum atomic E-state index is -1.11. The van der Waals surface area contributed by atoms with Gasteiger partial charge < -0.3 is 5.11 Å². The van der Waals surface area contributed by atoms with Crippen molar-refractivity contribution in [2.45, 2.75) is 16.2 Å². The minimum absolute atomic E-state index is 0.257. The highest BCUT2D eigenvalue weighted by molar-refractivity contribution is 7.99. The van der Waals surface area contributed by atoms with E-state index in [1.807, 2.05) is 78.9 Å². The van der Waals surface area contributed by atoms with Gasteiger partial charge in [0.1, 0.15) is 6.10 Å². The van der Waals surface area contributed by atoms with Crippen LogP contribution in [0.1, 0.15) is 21.2 Å². The Morgan fingerprint density at radius 1 is 0.750 bits per heavy atom. The van der Waals surface area contributed by atoms with E-state index in [2.05, 4.69) is 0 Å². The first-order valence-electron chi connectivity index (χ1n) is 7.79. The van der Waals surface area contributed by atoms with Crippen molar-refractivity contribution in [2.24, 2.45) is 0 Å². The summed E-state index contributed by atoms with van der Waals surface area (Å²) in [5.74, 6) is -0.257. The Balaban J connectivity index is 1.90. The third-order valence-corrected chi connectivity index (χ3v) is 5.08. The van der Waals surface area contributed by atoms with E-state index < -0.39 is 6.10 Å². The second-order valence-electron chi connectivity index (χ2n) is 5.44. The van der Waals surface area contributed by atoms with Crippen LogP contribution in [-0.2, 0) is 0 Å². The molecule has 0 aliphatic rings. The van der Waals surface area contributed by atoms with Crippen LogP contribution in [0.3, 0.4) is 0 Å². The Labute approximate surface area is 146 Å². The molecule has 0 radical (unpaired) electrons. The van der Waals surface area contributed by atoms with Gasteiger partial charge >= 0.3 is 0 Å². The van der Waals surface area contributed by atoms with Crippen LogP contribution in [0.5, 0.6) is 0 Å². The summed E-state index contributed by atoms with van der Waals surface area (Å²) in [5.41, 5.74) is 1.46. The van der Waals surface area contributed by atoms with E-state index in [1.165, 1.54) is 11.8 Å². The van der Waals surface area contributed by atoms with Crippen LogP contribution in [0.2, 0.25) is 0 Å². The van der Waals surface area contributed by atoms with Gasteiger partial charge in [-0.3, -0.25) is 4.79 Å². The van der Waals surface area contributed by atoms with Crippen molar-refractivity contribution in [2.75, 3.05) is 0 Å². The van der Waals surface area contributed by atoms with Gasteiger partial charge in [0.25, 0.3) is 0 Å². The van der Waals surface area contributed by atoms with E-state index in [-0.39, 0.29) is 11.0 Å². The molecule has 0 heterocycles. The fourth-order valence-electron chi connectivity index (χ4n) is 2.51. The lowest BCUT2D eigenvalue weighted by Crippen LogP contribution is -2.26. The highest BCUT2D eigenvalue weighted by Crippen LogP contribution is 2.38. The van der Waals surface area contributed by atoms with Crippen LogP contribution in [0.25, 0.3) is 0 Å². The van der Waals surface area contributed by atoms with Crippen LogP contribution in [-0.4, -0.2) is 17.0 Å². The third kappa shape index (κ3) is 3.94. The average Bonchev–Trinajstić information content (AvgIpc) is 2.67. The topological polar surface area (TPSA) is 37.3 Å². The van der Waals surface area contributed by atoms with Gasteiger partial charge in [-0.1, -0.05) is 78.9 Å². The molecule has 3 rings (SSSR count). The van der Waals surface area contributed by atoms with Crippen molar-refractivity contribution in [1.82, 2.24) is 0 Å². The molecule has 0 saturated carbocycles. The maximum absolute atomic E-state index is 12.7. The molecule has 0 amide bonds. The molecule has 3 aromatic carbocycles. The molecule has 3 aromatic rings. The third-order valence-electron chi connectivity index (χ3n) is 3.75. The molecule has 3 heteroatoms. The molecule has 0 saturated heterocycles. The highest BCUT2D eigenvalue weighted by Gasteiger charge is 2.29. The van der Waals surface area contributed by atoms with Gasteiger partial charge in [0.2, 0.25) is 0 Å². The number of carbonyl (C=O) groups is 1. The lowest BCUT2D eigenvalue weighted by Gasteiger charge is -2.22. The number of ketones is 1. The van der Waals surface area contributed by atoms with Crippen molar-refractivity contribution in [3.05, 3.63) is 102 Å². The molecule has 2 nitrogen and oxygen atoms in total. The molecule has 0 aliphatic carbocycles. The quantitative estimate of drug-likeness (QED) is 0.521. The largest absolute Gasteiger partial charge is 0.383 e. The van der Waals surface area contributed by atoms with E-state index >= 15 is 0 Å². The smallest absolute Gasteiger partial charge is 0.192 e. The zero-order valence-corrected chi connectivity index (χ0v) is 13.9. The lowest BCUT2D eigenvalue weighted by atomic mass is 9.99. The van der Waals surface area contributed by atoms with E-state index in [9.17, 15) is 9.90 Å². The zero-order valence-electron chi connectivity index (χ0n) is 13.1. The summed E-state index contributed by atoms with van der Waals surface area (Å²) in [6.07, 6.45) is -1.11. The Bertz CT molecular complexity index is 773. The number of hydrogen-bond donors (Lipinski definition) is 1. The first-order chi connectivity index (χ1) is 11.8. The molecule has 1 N–H and O–H groups in total. The number of aliphatic hydroxyl groups excluding tert-OH is 1. The van der Waals surface area contributed by atoms with Crippen molar-refractivity contribution in [3.63, 3.8) is 0 Å². The molecule has 0 aromatic heterocycles. The van der Waals surface area contributed by atoms with Gasteiger partial charge in [-0.25, -0.2) is 0 Å². The van der Waals surface area contributed by atoms with Gasteiger partial charge in [0.15, 0.2) is 5.78 Å². The number of thioether (sulfide) groups is 1. The molecule has 0 bridgehead atoms. The Hall–Kier alpha value is -2.36. The maximum atomic E-state index is 12.7. The Morgan fingerprint density at radius 2 is 1.25 bits per heavy atom. The molecule has 0 aliphatic heterocycles. The fourth-order valence-corrected chi connectivity index (χ4v) is 3.67. The standard InChI is InChI=1S/C21H18O2S/c22-19(16-10-4-1-5-11-16)20(23)21(17-12-6-2-7-13-17)24-18-14-8-3-9-15-18/h1-15,20-21,23H/t20-,21-/m0/s1. The number of carbonyl (C=O) groups excluding carboxylic acids is 1. The molecule has 0 spiro atoms. The number of aliphatic hydroxyl groups is 1. The van der Waals surface area contributed by atoms with Crippen molar-refractivity contribution < 1.29 is 9.90 Å². The monoisotopic (exact) mass is 334 g/mol. The number of benzene rings is 3. The van der Waals surface area contributed by atoms with Crippen molar-refractivity contribution in [1.29, 1.82) is 0 Å². The number of hydrogen-bond acceptors (Lipinski definition) is 3. The maximum Gasteiger partial charge on any atom is 0.192 e. The molecule has 0 fully saturated rings. The van der Waals surface area contributed by atoms with Gasteiger partial charge in [0, 0.05) is 10.5 Å². The van der Waals surface area contributed by atoms with Gasteiger partial charge in [-0.2, -0.15) is 0 Å². The summed E-state index contributed by atoms with van der Waals surface area (Å²) in [6.45, 7) is 0. The lowest BCUT2D eigenvalue weighted by molar-refractivity contribution is 0.0742. The van der Waals surface area contributed by atoms with Gasteiger partial charge in [0.05, 0.1) is 5.25 Å². The number of rotatable bonds is 6. The van der Waals surface area contributed by atoms with E-state index in [4.69, 9.17) is 0 Å². The molecule has 120 valence electrons. The van der Waals surface area contributed by atoms with Crippen molar-refractivity contribution >= 4 is 17.5 Å². The first kappa shape index (κ1) is 16.5. The minimum Gasteiger partial charge on any atom is -0.383 e. The summed E-state index contributed by atoms with van der Waals surface area (Å²) < 4.78 is 0.